The highest BCUT2D eigenvalue weighted by atomic mass is 19.1. The lowest BCUT2D eigenvalue weighted by molar-refractivity contribution is -0.131. The number of carbonyl (C=O) groups is 1. The maximum absolute atomic E-state index is 13.3. The first-order chi connectivity index (χ1) is 18.8. The van der Waals surface area contributed by atoms with Crippen LogP contribution >= 0.6 is 0 Å². The molecule has 1 fully saturated rings. The van der Waals surface area contributed by atoms with Crippen LogP contribution in [-0.4, -0.2) is 59.5 Å². The molecule has 1 aliphatic heterocycles. The maximum Gasteiger partial charge on any atom is 0.296 e. The second kappa shape index (κ2) is 10.6. The molecule has 2 aromatic carbocycles. The molecule has 39 heavy (non-hydrogen) atoms. The van der Waals surface area contributed by atoms with Gasteiger partial charge >= 0.3 is 0 Å². The highest BCUT2D eigenvalue weighted by molar-refractivity contribution is 6.20. The summed E-state index contributed by atoms with van der Waals surface area (Å²) < 4.78 is 16.0. The highest BCUT2D eigenvalue weighted by Crippen LogP contribution is 2.25. The van der Waals surface area contributed by atoms with E-state index in [0.717, 1.165) is 5.56 Å². The van der Waals surface area contributed by atoms with E-state index in [1.54, 1.807) is 17.0 Å². The first-order valence-electron chi connectivity index (χ1n) is 12.5. The lowest BCUT2D eigenvalue weighted by Gasteiger charge is -2.38. The number of nitrogens with one attached hydrogen (secondary N) is 1. The van der Waals surface area contributed by atoms with E-state index < -0.39 is 11.2 Å². The number of likely N-dealkylation sites (tertiary alicyclic amines) is 1. The summed E-state index contributed by atoms with van der Waals surface area (Å²) in [5.74, 6) is -0.726. The summed E-state index contributed by atoms with van der Waals surface area (Å²) in [4.78, 5) is 32.0. The van der Waals surface area contributed by atoms with E-state index in [-0.39, 0.29) is 67.6 Å². The van der Waals surface area contributed by atoms with Crippen LogP contribution in [0, 0.1) is 11.2 Å². The van der Waals surface area contributed by atoms with Crippen LogP contribution in [0.5, 0.6) is 0 Å². The summed E-state index contributed by atoms with van der Waals surface area (Å²) in [6, 6.07) is 15.2. The Hall–Kier alpha value is -4.64. The molecular formula is C28H28FN7O3. The fourth-order valence-electron chi connectivity index (χ4n) is 4.80. The molecule has 11 heteroatoms. The molecule has 0 bridgehead atoms. The van der Waals surface area contributed by atoms with Crippen LogP contribution in [0.15, 0.2) is 83.7 Å². The zero-order valence-electron chi connectivity index (χ0n) is 21.1. The molecule has 1 amide bonds. The quantitative estimate of drug-likeness (QED) is 0.247. The van der Waals surface area contributed by atoms with Crippen LogP contribution in [0.4, 0.5) is 4.39 Å². The first kappa shape index (κ1) is 26.0. The number of aliphatic hydroxyl groups is 1. The van der Waals surface area contributed by atoms with Gasteiger partial charge in [0.1, 0.15) is 12.1 Å². The van der Waals surface area contributed by atoms with Gasteiger partial charge in [-0.15, -0.1) is 0 Å². The van der Waals surface area contributed by atoms with Gasteiger partial charge in [-0.05, 0) is 42.7 Å². The molecule has 5 rings (SSSR count). The van der Waals surface area contributed by atoms with Crippen molar-refractivity contribution in [2.45, 2.75) is 31.4 Å². The number of halogens is 1. The molecule has 3 heterocycles. The molecule has 0 aliphatic carbocycles. The molecule has 4 aromatic rings. The molecule has 1 saturated heterocycles. The zero-order valence-corrected chi connectivity index (χ0v) is 21.1. The van der Waals surface area contributed by atoms with Crippen molar-refractivity contribution in [2.75, 3.05) is 13.1 Å². The van der Waals surface area contributed by atoms with Crippen LogP contribution in [0.25, 0.3) is 16.9 Å². The number of carbonyl (C=O) groups excluding carboxylic acids is 1. The van der Waals surface area contributed by atoms with Crippen molar-refractivity contribution in [3.05, 3.63) is 101 Å². The van der Waals surface area contributed by atoms with E-state index in [1.807, 2.05) is 30.3 Å². The third-order valence-electron chi connectivity index (χ3n) is 7.03. The summed E-state index contributed by atoms with van der Waals surface area (Å²) in [7, 11) is 0. The van der Waals surface area contributed by atoms with Gasteiger partial charge < -0.3 is 21.1 Å². The molecule has 0 saturated carbocycles. The van der Waals surface area contributed by atoms with Crippen molar-refractivity contribution in [3.8, 4) is 11.3 Å². The normalized spacial score (nSPS) is 15.4. The van der Waals surface area contributed by atoms with E-state index in [0.29, 0.717) is 11.3 Å². The third kappa shape index (κ3) is 5.34. The van der Waals surface area contributed by atoms with Gasteiger partial charge in [0.2, 0.25) is 5.65 Å². The zero-order chi connectivity index (χ0) is 27.6. The third-order valence-corrected chi connectivity index (χ3v) is 7.03. The number of piperidine rings is 1. The van der Waals surface area contributed by atoms with Crippen LogP contribution in [-0.2, 0) is 17.8 Å². The molecule has 0 atom stereocenters. The lowest BCUT2D eigenvalue weighted by atomic mass is 9.90. The van der Waals surface area contributed by atoms with Crippen LogP contribution in [0.3, 0.4) is 0 Å². The Morgan fingerprint density at radius 3 is 2.49 bits per heavy atom. The maximum atomic E-state index is 13.3. The Labute approximate surface area is 223 Å². The molecule has 0 spiro atoms. The monoisotopic (exact) mass is 529 g/mol. The lowest BCUT2D eigenvalue weighted by Crippen LogP contribution is -2.50. The Kier molecular flexibility index (Phi) is 7.07. The summed E-state index contributed by atoms with van der Waals surface area (Å²) >= 11 is 0. The smallest absolute Gasteiger partial charge is 0.296 e. The van der Waals surface area contributed by atoms with Gasteiger partial charge in [-0.3, -0.25) is 14.2 Å². The number of hydrogen-bond donors (Lipinski definition) is 3. The van der Waals surface area contributed by atoms with Gasteiger partial charge in [0.15, 0.2) is 0 Å². The minimum atomic E-state index is -1.24. The summed E-state index contributed by atoms with van der Waals surface area (Å²) in [5.41, 5.74) is 6.51. The number of nitrogens with zero attached hydrogens (tertiary/aromatic N) is 5. The standard InChI is InChI=1S/C28H28FN7O3/c29-21-8-6-20(7-9-21)24-16-32-25-27(38)35(18-33-36(24)25)17-28(39)10-12-34(13-11-28)26(37)22(15-30)23(31)14-19-4-2-1-3-5-19/h1-9,15-16,18,31,39H,10-14,17,30H2. The second-order valence-corrected chi connectivity index (χ2v) is 9.69. The van der Waals surface area contributed by atoms with Gasteiger partial charge in [-0.25, -0.2) is 13.9 Å². The Balaban J connectivity index is 1.26. The number of rotatable bonds is 7. The van der Waals surface area contributed by atoms with Gasteiger partial charge in [0.05, 0.1) is 29.6 Å². The molecule has 200 valence electrons. The topological polar surface area (TPSA) is 143 Å². The number of benzene rings is 2. The van der Waals surface area contributed by atoms with Gasteiger partial charge in [-0.1, -0.05) is 30.3 Å². The Morgan fingerprint density at radius 2 is 1.82 bits per heavy atom. The van der Waals surface area contributed by atoms with E-state index >= 15 is 0 Å². The number of imidazole rings is 1. The van der Waals surface area contributed by atoms with Gasteiger partial charge in [0.25, 0.3) is 11.5 Å². The minimum absolute atomic E-state index is 0.0144. The number of aromatic nitrogens is 4. The second-order valence-electron chi connectivity index (χ2n) is 9.69. The van der Waals surface area contributed by atoms with Gasteiger partial charge in [0, 0.05) is 37.0 Å². The van der Waals surface area contributed by atoms with Crippen molar-refractivity contribution in [3.63, 3.8) is 0 Å². The van der Waals surface area contributed by atoms with E-state index in [1.165, 1.54) is 39.9 Å². The van der Waals surface area contributed by atoms with Crippen molar-refractivity contribution < 1.29 is 14.3 Å². The van der Waals surface area contributed by atoms with Crippen LogP contribution in [0.1, 0.15) is 18.4 Å². The minimum Gasteiger partial charge on any atom is -0.404 e. The van der Waals surface area contributed by atoms with Gasteiger partial charge in [-0.2, -0.15) is 5.10 Å². The molecule has 0 radical (unpaired) electrons. The first-order valence-corrected chi connectivity index (χ1v) is 12.5. The number of amides is 1. The summed E-state index contributed by atoms with van der Waals surface area (Å²) in [6.07, 6.45) is 4.75. The SMILES string of the molecule is N=C(Cc1ccccc1)C(=CN)C(=O)N1CCC(O)(Cn2cnn3c(-c4ccc(F)cc4)cnc3c2=O)CC1. The molecule has 4 N–H and O–H groups in total. The molecule has 0 unspecified atom stereocenters. The average molecular weight is 530 g/mol. The predicted molar refractivity (Wildman–Crippen MR) is 144 cm³/mol. The fraction of sp³-hybridized carbons (Fsp3) is 0.250. The van der Waals surface area contributed by atoms with E-state index in [4.69, 9.17) is 11.1 Å². The molecular weight excluding hydrogens is 501 g/mol. The Morgan fingerprint density at radius 1 is 1.13 bits per heavy atom. The van der Waals surface area contributed by atoms with Crippen LogP contribution in [0.2, 0.25) is 0 Å². The van der Waals surface area contributed by atoms with E-state index in [9.17, 15) is 19.1 Å². The predicted octanol–water partition coefficient (Wildman–Crippen LogP) is 2.16. The van der Waals surface area contributed by atoms with Crippen molar-refractivity contribution in [1.29, 1.82) is 5.41 Å². The fourth-order valence-corrected chi connectivity index (χ4v) is 4.80. The Bertz CT molecular complexity index is 1600. The summed E-state index contributed by atoms with van der Waals surface area (Å²) in [5, 5.41) is 24.0. The molecule has 2 aromatic heterocycles. The number of nitrogens with two attached hydrogens (primary N) is 1. The van der Waals surface area contributed by atoms with Crippen molar-refractivity contribution >= 4 is 17.3 Å². The highest BCUT2D eigenvalue weighted by Gasteiger charge is 2.36. The number of fused-ring (bicyclic) bond motifs is 1. The van der Waals surface area contributed by atoms with Crippen molar-refractivity contribution in [2.24, 2.45) is 5.73 Å². The molecule has 1 aliphatic rings. The van der Waals surface area contributed by atoms with E-state index in [2.05, 4.69) is 10.1 Å². The summed E-state index contributed by atoms with van der Waals surface area (Å²) in [6.45, 7) is 0.473. The largest absolute Gasteiger partial charge is 0.404 e. The molecule has 10 nitrogen and oxygen atoms in total. The van der Waals surface area contributed by atoms with Crippen LogP contribution < -0.4 is 11.3 Å². The average Bonchev–Trinajstić information content (AvgIpc) is 3.37. The van der Waals surface area contributed by atoms with Crippen molar-refractivity contribution in [1.82, 2.24) is 24.1 Å². The number of hydrogen-bond acceptors (Lipinski definition) is 7.